The van der Waals surface area contributed by atoms with Crippen LogP contribution in [0, 0.1) is 0 Å². The topological polar surface area (TPSA) is 75.6 Å². The number of nitrogens with one attached hydrogen (secondary N) is 1. The molecule has 0 aliphatic carbocycles. The molecular weight excluding hydrogens is 174 g/mol. The minimum Gasteiger partial charge on any atom is -0.480 e. The first-order chi connectivity index (χ1) is 6.16. The zero-order valence-corrected chi connectivity index (χ0v) is 7.71. The van der Waals surface area contributed by atoms with Crippen molar-refractivity contribution < 1.29 is 19.4 Å². The molecule has 0 aromatic heterocycles. The van der Waals surface area contributed by atoms with E-state index in [4.69, 9.17) is 9.84 Å². The monoisotopic (exact) mass is 189 g/mol. The molecule has 0 rings (SSSR count). The molecule has 5 heteroatoms. The number of hydrogen-bond acceptors (Lipinski definition) is 3. The summed E-state index contributed by atoms with van der Waals surface area (Å²) < 4.78 is 5.01. The highest BCUT2D eigenvalue weighted by Gasteiger charge is 2.02. The van der Waals surface area contributed by atoms with Gasteiger partial charge in [0.2, 0.25) is 5.91 Å². The zero-order valence-electron chi connectivity index (χ0n) is 7.71. The third kappa shape index (κ3) is 8.81. The van der Waals surface area contributed by atoms with Crippen molar-refractivity contribution in [3.05, 3.63) is 0 Å². The average molecular weight is 189 g/mol. The van der Waals surface area contributed by atoms with Crippen molar-refractivity contribution in [2.45, 2.75) is 19.8 Å². The van der Waals surface area contributed by atoms with Gasteiger partial charge in [0.25, 0.3) is 0 Å². The van der Waals surface area contributed by atoms with E-state index in [9.17, 15) is 9.59 Å². The van der Waals surface area contributed by atoms with Gasteiger partial charge in [-0.2, -0.15) is 0 Å². The largest absolute Gasteiger partial charge is 0.480 e. The van der Waals surface area contributed by atoms with E-state index in [0.717, 1.165) is 0 Å². The Bertz CT molecular complexity index is 170. The molecule has 0 aliphatic rings. The van der Waals surface area contributed by atoms with Gasteiger partial charge in [0.15, 0.2) is 0 Å². The number of carbonyl (C=O) groups excluding carboxylic acids is 1. The highest BCUT2D eigenvalue weighted by molar-refractivity contribution is 5.80. The van der Waals surface area contributed by atoms with Gasteiger partial charge in [-0.05, 0) is 13.3 Å². The summed E-state index contributed by atoms with van der Waals surface area (Å²) in [6.07, 6.45) is 0.937. The van der Waals surface area contributed by atoms with Crippen LogP contribution in [-0.4, -0.2) is 36.7 Å². The van der Waals surface area contributed by atoms with Crippen LogP contribution >= 0.6 is 0 Å². The van der Waals surface area contributed by atoms with Gasteiger partial charge in [0, 0.05) is 19.6 Å². The summed E-state index contributed by atoms with van der Waals surface area (Å²) in [6.45, 7) is 2.74. The minimum atomic E-state index is -1.03. The molecule has 1 amide bonds. The number of aliphatic carboxylic acids is 1. The molecule has 0 aromatic carbocycles. The Morgan fingerprint density at radius 2 is 2.15 bits per heavy atom. The summed E-state index contributed by atoms with van der Waals surface area (Å²) in [5.41, 5.74) is 0. The predicted molar refractivity (Wildman–Crippen MR) is 46.4 cm³/mol. The number of ether oxygens (including phenoxy) is 1. The van der Waals surface area contributed by atoms with E-state index in [0.29, 0.717) is 26.1 Å². The second-order valence-corrected chi connectivity index (χ2v) is 2.47. The summed E-state index contributed by atoms with van der Waals surface area (Å²) in [4.78, 5) is 20.9. The number of carboxylic acids is 1. The van der Waals surface area contributed by atoms with Crippen LogP contribution in [0.3, 0.4) is 0 Å². The van der Waals surface area contributed by atoms with Crippen molar-refractivity contribution in [1.82, 2.24) is 5.32 Å². The van der Waals surface area contributed by atoms with E-state index in [1.165, 1.54) is 0 Å². The van der Waals surface area contributed by atoms with Crippen molar-refractivity contribution in [2.75, 3.05) is 19.8 Å². The number of carbonyl (C=O) groups is 2. The van der Waals surface area contributed by atoms with Crippen LogP contribution in [0.25, 0.3) is 0 Å². The summed E-state index contributed by atoms with van der Waals surface area (Å²) in [6, 6.07) is 0. The molecule has 0 radical (unpaired) electrons. The van der Waals surface area contributed by atoms with Gasteiger partial charge >= 0.3 is 5.97 Å². The second kappa shape index (κ2) is 7.54. The Labute approximate surface area is 77.1 Å². The van der Waals surface area contributed by atoms with Crippen LogP contribution in [0.2, 0.25) is 0 Å². The fourth-order valence-electron chi connectivity index (χ4n) is 0.742. The standard InChI is InChI=1S/C8H15NO4/c1-2-13-5-3-4-7(10)9-6-8(11)12/h2-6H2,1H3,(H,9,10)(H,11,12). The van der Waals surface area contributed by atoms with Crippen molar-refractivity contribution in [1.29, 1.82) is 0 Å². The Balaban J connectivity index is 3.25. The number of rotatable bonds is 7. The van der Waals surface area contributed by atoms with Gasteiger partial charge in [0.05, 0.1) is 0 Å². The average Bonchev–Trinajstić information content (AvgIpc) is 2.09. The molecule has 0 saturated heterocycles. The molecule has 0 aliphatic heterocycles. The van der Waals surface area contributed by atoms with E-state index < -0.39 is 5.97 Å². The molecule has 0 saturated carbocycles. The number of carboxylic acid groups (broad SMARTS) is 1. The molecule has 5 nitrogen and oxygen atoms in total. The fourth-order valence-corrected chi connectivity index (χ4v) is 0.742. The van der Waals surface area contributed by atoms with Crippen LogP contribution in [-0.2, 0) is 14.3 Å². The van der Waals surface area contributed by atoms with Crippen LogP contribution in [0.5, 0.6) is 0 Å². The smallest absolute Gasteiger partial charge is 0.322 e. The van der Waals surface area contributed by atoms with E-state index in [-0.39, 0.29) is 12.5 Å². The van der Waals surface area contributed by atoms with Gasteiger partial charge in [-0.25, -0.2) is 0 Å². The summed E-state index contributed by atoms with van der Waals surface area (Å²) in [7, 11) is 0. The summed E-state index contributed by atoms with van der Waals surface area (Å²) in [5, 5.41) is 10.5. The van der Waals surface area contributed by atoms with Crippen molar-refractivity contribution in [2.24, 2.45) is 0 Å². The summed E-state index contributed by atoms with van der Waals surface area (Å²) >= 11 is 0. The van der Waals surface area contributed by atoms with Gasteiger partial charge in [-0.3, -0.25) is 9.59 Å². The lowest BCUT2D eigenvalue weighted by Crippen LogP contribution is -2.29. The first-order valence-corrected chi connectivity index (χ1v) is 4.23. The molecule has 0 aromatic rings. The van der Waals surface area contributed by atoms with E-state index >= 15 is 0 Å². The molecule has 0 heterocycles. The van der Waals surface area contributed by atoms with Crippen LogP contribution < -0.4 is 5.32 Å². The quantitative estimate of drug-likeness (QED) is 0.553. The first-order valence-electron chi connectivity index (χ1n) is 4.23. The lowest BCUT2D eigenvalue weighted by atomic mass is 10.3. The second-order valence-electron chi connectivity index (χ2n) is 2.47. The SMILES string of the molecule is CCOCCCC(=O)NCC(=O)O. The predicted octanol–water partition coefficient (Wildman–Crippen LogP) is 0.00390. The third-order valence-corrected chi connectivity index (χ3v) is 1.33. The molecule has 76 valence electrons. The number of hydrogen-bond donors (Lipinski definition) is 2. The molecule has 13 heavy (non-hydrogen) atoms. The van der Waals surface area contributed by atoms with Gasteiger partial charge in [0.1, 0.15) is 6.54 Å². The van der Waals surface area contributed by atoms with E-state index in [1.807, 2.05) is 6.92 Å². The maximum atomic E-state index is 10.9. The van der Waals surface area contributed by atoms with Crippen molar-refractivity contribution in [3.63, 3.8) is 0 Å². The van der Waals surface area contributed by atoms with Gasteiger partial charge < -0.3 is 15.2 Å². The van der Waals surface area contributed by atoms with E-state index in [2.05, 4.69) is 5.32 Å². The first kappa shape index (κ1) is 11.9. The van der Waals surface area contributed by atoms with Gasteiger partial charge in [-0.15, -0.1) is 0 Å². The minimum absolute atomic E-state index is 0.248. The number of amides is 1. The normalized spacial score (nSPS) is 9.62. The molecule has 0 unspecified atom stereocenters. The van der Waals surface area contributed by atoms with Crippen LogP contribution in [0.1, 0.15) is 19.8 Å². The van der Waals surface area contributed by atoms with Crippen molar-refractivity contribution in [3.8, 4) is 0 Å². The highest BCUT2D eigenvalue weighted by Crippen LogP contribution is 1.89. The third-order valence-electron chi connectivity index (χ3n) is 1.33. The zero-order chi connectivity index (χ0) is 10.1. The lowest BCUT2D eigenvalue weighted by Gasteiger charge is -2.02. The van der Waals surface area contributed by atoms with Crippen LogP contribution in [0.4, 0.5) is 0 Å². The Morgan fingerprint density at radius 3 is 2.69 bits per heavy atom. The molecule has 0 spiro atoms. The summed E-state index contributed by atoms with van der Waals surface area (Å²) in [5.74, 6) is -1.28. The molecular formula is C8H15NO4. The maximum absolute atomic E-state index is 10.9. The molecule has 0 fully saturated rings. The Morgan fingerprint density at radius 1 is 1.46 bits per heavy atom. The van der Waals surface area contributed by atoms with Crippen LogP contribution in [0.15, 0.2) is 0 Å². The Kier molecular flexibility index (Phi) is 6.91. The van der Waals surface area contributed by atoms with Gasteiger partial charge in [-0.1, -0.05) is 0 Å². The Hall–Kier alpha value is -1.10. The highest BCUT2D eigenvalue weighted by atomic mass is 16.5. The van der Waals surface area contributed by atoms with Crippen molar-refractivity contribution >= 4 is 11.9 Å². The fraction of sp³-hybridized carbons (Fsp3) is 0.750. The lowest BCUT2D eigenvalue weighted by molar-refractivity contribution is -0.138. The molecule has 0 atom stereocenters. The molecule has 0 bridgehead atoms. The van der Waals surface area contributed by atoms with E-state index in [1.54, 1.807) is 0 Å². The molecule has 2 N–H and O–H groups in total. The maximum Gasteiger partial charge on any atom is 0.322 e.